The second-order valence-corrected chi connectivity index (χ2v) is 4.24. The number of nitrogens with zero attached hydrogens (tertiary/aromatic N) is 3. The Morgan fingerprint density at radius 3 is 2.57 bits per heavy atom. The van der Waals surface area contributed by atoms with E-state index in [0.717, 1.165) is 0 Å². The fraction of sp³-hybridized carbons (Fsp3) is 0. The first-order valence-corrected chi connectivity index (χ1v) is 6.07. The molecule has 0 bridgehead atoms. The quantitative estimate of drug-likeness (QED) is 0.585. The van der Waals surface area contributed by atoms with Gasteiger partial charge < -0.3 is 10.5 Å². The molecule has 104 valence electrons. The minimum Gasteiger partial charge on any atom is -0.438 e. The summed E-state index contributed by atoms with van der Waals surface area (Å²) in [6.45, 7) is 0. The Bertz CT molecular complexity index is 835. The van der Waals surface area contributed by atoms with E-state index in [1.807, 2.05) is 0 Å². The molecule has 0 atom stereocenters. The monoisotopic (exact) mass is 282 g/mol. The van der Waals surface area contributed by atoms with Gasteiger partial charge in [0.05, 0.1) is 10.3 Å². The second kappa shape index (κ2) is 5.04. The Morgan fingerprint density at radius 1 is 1.10 bits per heavy atom. The Labute approximate surface area is 119 Å². The van der Waals surface area contributed by atoms with E-state index in [1.165, 1.54) is 12.3 Å². The Kier molecular flexibility index (Phi) is 3.07. The van der Waals surface area contributed by atoms with Crippen LogP contribution in [-0.4, -0.2) is 14.9 Å². The van der Waals surface area contributed by atoms with Gasteiger partial charge in [0.1, 0.15) is 5.75 Å². The van der Waals surface area contributed by atoms with Crippen LogP contribution in [0.25, 0.3) is 10.8 Å². The van der Waals surface area contributed by atoms with Gasteiger partial charge in [-0.25, -0.2) is 4.98 Å². The lowest BCUT2D eigenvalue weighted by atomic mass is 10.1. The molecular weight excluding hydrogens is 272 g/mol. The summed E-state index contributed by atoms with van der Waals surface area (Å²) < 4.78 is 5.65. The molecule has 0 aliphatic rings. The van der Waals surface area contributed by atoms with Gasteiger partial charge in [-0.2, -0.15) is 4.98 Å². The van der Waals surface area contributed by atoms with Crippen molar-refractivity contribution >= 4 is 22.4 Å². The third-order valence-corrected chi connectivity index (χ3v) is 2.92. The molecule has 0 saturated heterocycles. The number of rotatable bonds is 3. The maximum Gasteiger partial charge on any atom is 0.277 e. The predicted octanol–water partition coefficient (Wildman–Crippen LogP) is 2.91. The number of non-ortho nitro benzene ring substituents is 1. The molecule has 0 unspecified atom stereocenters. The lowest BCUT2D eigenvalue weighted by Crippen LogP contribution is -1.97. The van der Waals surface area contributed by atoms with Crippen LogP contribution in [0.15, 0.2) is 48.7 Å². The molecule has 2 aromatic carbocycles. The molecule has 3 aromatic rings. The molecule has 1 aromatic heterocycles. The third-order valence-electron chi connectivity index (χ3n) is 2.92. The number of anilines is 1. The molecule has 0 fully saturated rings. The van der Waals surface area contributed by atoms with E-state index in [-0.39, 0.29) is 17.5 Å². The summed E-state index contributed by atoms with van der Waals surface area (Å²) in [5.74, 6) is 0.842. The van der Waals surface area contributed by atoms with E-state index >= 15 is 0 Å². The lowest BCUT2D eigenvalue weighted by Gasteiger charge is -2.08. The molecular formula is C14H10N4O3. The number of nitrogen functional groups attached to an aromatic ring is 1. The molecule has 0 aliphatic heterocycles. The second-order valence-electron chi connectivity index (χ2n) is 4.24. The highest BCUT2D eigenvalue weighted by Crippen LogP contribution is 2.34. The van der Waals surface area contributed by atoms with Gasteiger partial charge in [-0.3, -0.25) is 10.1 Å². The van der Waals surface area contributed by atoms with Gasteiger partial charge in [0.15, 0.2) is 0 Å². The highest BCUT2D eigenvalue weighted by atomic mass is 16.6. The van der Waals surface area contributed by atoms with Crippen molar-refractivity contribution in [2.45, 2.75) is 0 Å². The van der Waals surface area contributed by atoms with Gasteiger partial charge >= 0.3 is 0 Å². The van der Waals surface area contributed by atoms with Crippen LogP contribution in [-0.2, 0) is 0 Å². The number of nitro benzene ring substituents is 1. The zero-order chi connectivity index (χ0) is 14.8. The average molecular weight is 282 g/mol. The van der Waals surface area contributed by atoms with Crippen molar-refractivity contribution in [1.82, 2.24) is 9.97 Å². The van der Waals surface area contributed by atoms with E-state index in [4.69, 9.17) is 10.5 Å². The van der Waals surface area contributed by atoms with E-state index in [9.17, 15) is 10.1 Å². The van der Waals surface area contributed by atoms with Crippen LogP contribution in [0.2, 0.25) is 0 Å². The SMILES string of the molecule is Nc1nccc(Oc2ccc([N+](=O)[O-])c3ccccc23)n1. The molecule has 0 amide bonds. The minimum absolute atomic E-state index is 0.0279. The van der Waals surface area contributed by atoms with Crippen molar-refractivity contribution in [2.75, 3.05) is 5.73 Å². The fourth-order valence-corrected chi connectivity index (χ4v) is 2.03. The standard InChI is InChI=1S/C14H10N4O3/c15-14-16-8-7-13(17-14)21-12-6-5-11(18(19)20)9-3-1-2-4-10(9)12/h1-8H,(H2,15,16,17). The summed E-state index contributed by atoms with van der Waals surface area (Å²) in [6.07, 6.45) is 1.48. The highest BCUT2D eigenvalue weighted by Gasteiger charge is 2.15. The summed E-state index contributed by atoms with van der Waals surface area (Å²) in [4.78, 5) is 18.4. The summed E-state index contributed by atoms with van der Waals surface area (Å²) in [5, 5.41) is 12.2. The Hall–Kier alpha value is -3.22. The van der Waals surface area contributed by atoms with Gasteiger partial charge in [0, 0.05) is 23.7 Å². The maximum absolute atomic E-state index is 11.1. The van der Waals surface area contributed by atoms with Crippen molar-refractivity contribution in [3.63, 3.8) is 0 Å². The molecule has 7 nitrogen and oxygen atoms in total. The maximum atomic E-state index is 11.1. The zero-order valence-corrected chi connectivity index (χ0v) is 10.8. The topological polar surface area (TPSA) is 104 Å². The number of fused-ring (bicyclic) bond motifs is 1. The van der Waals surface area contributed by atoms with Crippen molar-refractivity contribution in [1.29, 1.82) is 0 Å². The molecule has 21 heavy (non-hydrogen) atoms. The fourth-order valence-electron chi connectivity index (χ4n) is 2.03. The summed E-state index contributed by atoms with van der Waals surface area (Å²) in [5.41, 5.74) is 5.53. The normalized spacial score (nSPS) is 10.5. The van der Waals surface area contributed by atoms with Crippen LogP contribution in [0.1, 0.15) is 0 Å². The Morgan fingerprint density at radius 2 is 1.86 bits per heavy atom. The first kappa shape index (κ1) is 12.8. The molecule has 0 spiro atoms. The lowest BCUT2D eigenvalue weighted by molar-refractivity contribution is -0.383. The van der Waals surface area contributed by atoms with Crippen LogP contribution in [0, 0.1) is 10.1 Å². The largest absolute Gasteiger partial charge is 0.438 e. The van der Waals surface area contributed by atoms with Gasteiger partial charge in [-0.1, -0.05) is 18.2 Å². The number of nitrogens with two attached hydrogens (primary N) is 1. The van der Waals surface area contributed by atoms with E-state index in [0.29, 0.717) is 16.5 Å². The molecule has 0 aliphatic carbocycles. The van der Waals surface area contributed by atoms with Gasteiger partial charge in [-0.05, 0) is 12.1 Å². The van der Waals surface area contributed by atoms with Gasteiger partial charge in [0.2, 0.25) is 11.8 Å². The van der Waals surface area contributed by atoms with Crippen molar-refractivity contribution in [3.8, 4) is 11.6 Å². The van der Waals surface area contributed by atoms with E-state index in [2.05, 4.69) is 9.97 Å². The summed E-state index contributed by atoms with van der Waals surface area (Å²) in [6, 6.07) is 11.5. The summed E-state index contributed by atoms with van der Waals surface area (Å²) in [7, 11) is 0. The molecule has 3 rings (SSSR count). The smallest absolute Gasteiger partial charge is 0.277 e. The number of ether oxygens (including phenoxy) is 1. The van der Waals surface area contributed by atoms with Crippen LogP contribution >= 0.6 is 0 Å². The average Bonchev–Trinajstić information content (AvgIpc) is 2.47. The number of nitro groups is 1. The van der Waals surface area contributed by atoms with Crippen molar-refractivity contribution in [3.05, 3.63) is 58.8 Å². The van der Waals surface area contributed by atoms with E-state index in [1.54, 1.807) is 36.4 Å². The van der Waals surface area contributed by atoms with Gasteiger partial charge in [-0.15, -0.1) is 0 Å². The summed E-state index contributed by atoms with van der Waals surface area (Å²) >= 11 is 0. The van der Waals surface area contributed by atoms with E-state index < -0.39 is 4.92 Å². The number of hydrogen-bond donors (Lipinski definition) is 1. The zero-order valence-electron chi connectivity index (χ0n) is 10.8. The third kappa shape index (κ3) is 2.44. The first-order chi connectivity index (χ1) is 10.1. The van der Waals surface area contributed by atoms with Crippen LogP contribution < -0.4 is 10.5 Å². The molecule has 0 radical (unpaired) electrons. The number of hydrogen-bond acceptors (Lipinski definition) is 6. The molecule has 0 saturated carbocycles. The molecule has 7 heteroatoms. The molecule has 2 N–H and O–H groups in total. The van der Waals surface area contributed by atoms with Crippen molar-refractivity contribution < 1.29 is 9.66 Å². The van der Waals surface area contributed by atoms with Crippen LogP contribution in [0.5, 0.6) is 11.6 Å². The number of aromatic nitrogens is 2. The highest BCUT2D eigenvalue weighted by molar-refractivity contribution is 5.95. The molecule has 1 heterocycles. The van der Waals surface area contributed by atoms with Crippen molar-refractivity contribution in [2.24, 2.45) is 0 Å². The predicted molar refractivity (Wildman–Crippen MR) is 77.1 cm³/mol. The first-order valence-electron chi connectivity index (χ1n) is 6.07. The number of benzene rings is 2. The minimum atomic E-state index is -0.422. The van der Waals surface area contributed by atoms with Gasteiger partial charge in [0.25, 0.3) is 5.69 Å². The van der Waals surface area contributed by atoms with Crippen LogP contribution in [0.4, 0.5) is 11.6 Å². The van der Waals surface area contributed by atoms with Crippen LogP contribution in [0.3, 0.4) is 0 Å². The Balaban J connectivity index is 2.12.